The highest BCUT2D eigenvalue weighted by atomic mass is 16.4. The third-order valence-electron chi connectivity index (χ3n) is 2.69. The van der Waals surface area contributed by atoms with Gasteiger partial charge >= 0.3 is 6.09 Å². The highest BCUT2D eigenvalue weighted by Crippen LogP contribution is 2.23. The Labute approximate surface area is 88.3 Å². The molecule has 1 heterocycles. The first-order valence-corrected chi connectivity index (χ1v) is 5.05. The molecule has 0 bridgehead atoms. The van der Waals surface area contributed by atoms with E-state index >= 15 is 0 Å². The van der Waals surface area contributed by atoms with Gasteiger partial charge in [0.1, 0.15) is 0 Å². The number of benzene rings is 1. The van der Waals surface area contributed by atoms with Crippen LogP contribution in [0.5, 0.6) is 0 Å². The third kappa shape index (κ3) is 2.27. The van der Waals surface area contributed by atoms with Gasteiger partial charge in [-0.2, -0.15) is 0 Å². The van der Waals surface area contributed by atoms with Gasteiger partial charge in [0.05, 0.1) is 12.1 Å². The minimum atomic E-state index is -0.954. The standard InChI is InChI=1S/C11H14N2O2/c14-11(15)13-9-6-7-12-10(9)8-4-2-1-3-5-8/h1-5,9-10,12-13H,6-7H2,(H,14,15)/t9-,10-/m1/s1. The molecule has 4 heteroatoms. The second kappa shape index (κ2) is 4.31. The molecule has 1 aliphatic heterocycles. The van der Waals surface area contributed by atoms with Gasteiger partial charge in [-0.3, -0.25) is 0 Å². The predicted octanol–water partition coefficient (Wildman–Crippen LogP) is 1.36. The van der Waals surface area contributed by atoms with E-state index < -0.39 is 6.09 Å². The van der Waals surface area contributed by atoms with Crippen molar-refractivity contribution in [2.45, 2.75) is 18.5 Å². The molecule has 1 aromatic rings. The highest BCUT2D eigenvalue weighted by Gasteiger charge is 2.28. The molecule has 3 N–H and O–H groups in total. The van der Waals surface area contributed by atoms with Crippen LogP contribution in [0.3, 0.4) is 0 Å². The second-order valence-electron chi connectivity index (χ2n) is 3.69. The molecule has 2 rings (SSSR count). The summed E-state index contributed by atoms with van der Waals surface area (Å²) in [5, 5.41) is 14.5. The van der Waals surface area contributed by atoms with Gasteiger partial charge in [0.15, 0.2) is 0 Å². The topological polar surface area (TPSA) is 61.4 Å². The molecule has 1 amide bonds. The molecule has 0 aliphatic carbocycles. The molecule has 0 aromatic heterocycles. The summed E-state index contributed by atoms with van der Waals surface area (Å²) in [6.45, 7) is 0.852. The summed E-state index contributed by atoms with van der Waals surface area (Å²) >= 11 is 0. The van der Waals surface area contributed by atoms with Crippen LogP contribution >= 0.6 is 0 Å². The van der Waals surface area contributed by atoms with Gasteiger partial charge in [0, 0.05) is 0 Å². The van der Waals surface area contributed by atoms with Gasteiger partial charge in [0.2, 0.25) is 0 Å². The molecule has 4 nitrogen and oxygen atoms in total. The van der Waals surface area contributed by atoms with E-state index in [0.29, 0.717) is 0 Å². The fourth-order valence-electron chi connectivity index (χ4n) is 2.03. The number of rotatable bonds is 2. The van der Waals surface area contributed by atoms with Crippen molar-refractivity contribution >= 4 is 6.09 Å². The van der Waals surface area contributed by atoms with E-state index in [2.05, 4.69) is 10.6 Å². The average molecular weight is 206 g/mol. The Hall–Kier alpha value is -1.55. The lowest BCUT2D eigenvalue weighted by atomic mass is 10.0. The van der Waals surface area contributed by atoms with Gasteiger partial charge in [-0.1, -0.05) is 30.3 Å². The molecule has 80 valence electrons. The van der Waals surface area contributed by atoms with E-state index in [0.717, 1.165) is 18.5 Å². The van der Waals surface area contributed by atoms with Gasteiger partial charge in [-0.15, -0.1) is 0 Å². The maximum Gasteiger partial charge on any atom is 0.404 e. The van der Waals surface area contributed by atoms with Crippen LogP contribution in [0.2, 0.25) is 0 Å². The summed E-state index contributed by atoms with van der Waals surface area (Å²) in [7, 11) is 0. The van der Waals surface area contributed by atoms with Crippen molar-refractivity contribution in [1.82, 2.24) is 10.6 Å². The van der Waals surface area contributed by atoms with Crippen LogP contribution in [0.25, 0.3) is 0 Å². The van der Waals surface area contributed by atoms with Crippen molar-refractivity contribution in [2.75, 3.05) is 6.54 Å². The minimum absolute atomic E-state index is 0.0232. The summed E-state index contributed by atoms with van der Waals surface area (Å²) in [6.07, 6.45) is -0.115. The van der Waals surface area contributed by atoms with Gasteiger partial charge in [0.25, 0.3) is 0 Å². The van der Waals surface area contributed by atoms with Gasteiger partial charge in [-0.05, 0) is 18.5 Å². The number of carboxylic acid groups (broad SMARTS) is 1. The van der Waals surface area contributed by atoms with Crippen LogP contribution in [0.1, 0.15) is 18.0 Å². The molecule has 15 heavy (non-hydrogen) atoms. The normalized spacial score (nSPS) is 25.1. The van der Waals surface area contributed by atoms with E-state index in [9.17, 15) is 4.79 Å². The molecule has 0 unspecified atom stereocenters. The van der Waals surface area contributed by atoms with E-state index in [1.807, 2.05) is 30.3 Å². The van der Waals surface area contributed by atoms with Crippen molar-refractivity contribution in [3.05, 3.63) is 35.9 Å². The summed E-state index contributed by atoms with van der Waals surface area (Å²) in [5.41, 5.74) is 1.13. The first-order valence-electron chi connectivity index (χ1n) is 5.05. The Morgan fingerprint density at radius 3 is 2.80 bits per heavy atom. The Kier molecular flexibility index (Phi) is 2.87. The Morgan fingerprint density at radius 1 is 1.40 bits per heavy atom. The number of amides is 1. The smallest absolute Gasteiger partial charge is 0.404 e. The summed E-state index contributed by atoms with van der Waals surface area (Å²) in [5.74, 6) is 0. The monoisotopic (exact) mass is 206 g/mol. The summed E-state index contributed by atoms with van der Waals surface area (Å²) in [4.78, 5) is 10.6. The molecular formula is C11H14N2O2. The Balaban J connectivity index is 2.11. The van der Waals surface area contributed by atoms with Crippen molar-refractivity contribution < 1.29 is 9.90 Å². The van der Waals surface area contributed by atoms with Crippen LogP contribution < -0.4 is 10.6 Å². The molecule has 0 spiro atoms. The average Bonchev–Trinajstić information content (AvgIpc) is 2.66. The zero-order valence-corrected chi connectivity index (χ0v) is 8.31. The fraction of sp³-hybridized carbons (Fsp3) is 0.364. The Morgan fingerprint density at radius 2 is 2.13 bits per heavy atom. The van der Waals surface area contributed by atoms with E-state index in [1.165, 1.54) is 0 Å². The summed E-state index contributed by atoms with van der Waals surface area (Å²) < 4.78 is 0. The maximum atomic E-state index is 10.6. The van der Waals surface area contributed by atoms with Crippen molar-refractivity contribution in [1.29, 1.82) is 0 Å². The third-order valence-corrected chi connectivity index (χ3v) is 2.69. The zero-order valence-electron chi connectivity index (χ0n) is 8.31. The van der Waals surface area contributed by atoms with Crippen LogP contribution in [0.15, 0.2) is 30.3 Å². The quantitative estimate of drug-likeness (QED) is 0.684. The van der Waals surface area contributed by atoms with E-state index in [-0.39, 0.29) is 12.1 Å². The number of carbonyl (C=O) groups is 1. The number of hydrogen-bond acceptors (Lipinski definition) is 2. The SMILES string of the molecule is O=C(O)N[C@@H]1CCN[C@@H]1c1ccccc1. The van der Waals surface area contributed by atoms with Crippen LogP contribution in [0.4, 0.5) is 4.79 Å². The molecule has 1 saturated heterocycles. The highest BCUT2D eigenvalue weighted by molar-refractivity contribution is 5.65. The molecule has 1 aliphatic rings. The summed E-state index contributed by atoms with van der Waals surface area (Å²) in [6, 6.07) is 9.99. The predicted molar refractivity (Wildman–Crippen MR) is 56.8 cm³/mol. The zero-order chi connectivity index (χ0) is 10.7. The first-order chi connectivity index (χ1) is 7.27. The lowest BCUT2D eigenvalue weighted by molar-refractivity contribution is 0.188. The van der Waals surface area contributed by atoms with Gasteiger partial charge < -0.3 is 15.7 Å². The largest absolute Gasteiger partial charge is 0.465 e. The maximum absolute atomic E-state index is 10.6. The molecule has 0 saturated carbocycles. The van der Waals surface area contributed by atoms with E-state index in [4.69, 9.17) is 5.11 Å². The number of nitrogens with one attached hydrogen (secondary N) is 2. The fourth-order valence-corrected chi connectivity index (χ4v) is 2.03. The van der Waals surface area contributed by atoms with Crippen molar-refractivity contribution in [3.8, 4) is 0 Å². The van der Waals surface area contributed by atoms with Crippen molar-refractivity contribution in [3.63, 3.8) is 0 Å². The first kappa shape index (κ1) is 9.98. The van der Waals surface area contributed by atoms with Gasteiger partial charge in [-0.25, -0.2) is 4.79 Å². The van der Waals surface area contributed by atoms with Crippen LogP contribution in [0, 0.1) is 0 Å². The number of hydrogen-bond donors (Lipinski definition) is 3. The molecule has 2 atom stereocenters. The van der Waals surface area contributed by atoms with E-state index in [1.54, 1.807) is 0 Å². The Bertz CT molecular complexity index is 340. The van der Waals surface area contributed by atoms with Crippen LogP contribution in [-0.2, 0) is 0 Å². The molecule has 1 fully saturated rings. The molecule has 0 radical (unpaired) electrons. The molecule has 1 aromatic carbocycles. The van der Waals surface area contributed by atoms with Crippen molar-refractivity contribution in [2.24, 2.45) is 0 Å². The van der Waals surface area contributed by atoms with Crippen LogP contribution in [-0.4, -0.2) is 23.8 Å². The molecular weight excluding hydrogens is 192 g/mol. The second-order valence-corrected chi connectivity index (χ2v) is 3.69. The lowest BCUT2D eigenvalue weighted by Gasteiger charge is -2.19. The lowest BCUT2D eigenvalue weighted by Crippen LogP contribution is -2.37. The minimum Gasteiger partial charge on any atom is -0.465 e.